The van der Waals surface area contributed by atoms with Crippen LogP contribution in [0.15, 0.2) is 42.0 Å². The third-order valence-electron chi connectivity index (χ3n) is 3.32. The van der Waals surface area contributed by atoms with Crippen molar-refractivity contribution in [1.82, 2.24) is 0 Å². The predicted octanol–water partition coefficient (Wildman–Crippen LogP) is 3.24. The van der Waals surface area contributed by atoms with Gasteiger partial charge in [0.25, 0.3) is 0 Å². The summed E-state index contributed by atoms with van der Waals surface area (Å²) in [6.45, 7) is 9.76. The molecule has 0 N–H and O–H groups in total. The minimum absolute atomic E-state index is 0.411. The van der Waals surface area contributed by atoms with Crippen molar-refractivity contribution >= 4 is 11.7 Å². The lowest BCUT2D eigenvalue weighted by Gasteiger charge is -2.21. The van der Waals surface area contributed by atoms with Crippen LogP contribution in [0.1, 0.15) is 25.0 Å². The van der Waals surface area contributed by atoms with Crippen LogP contribution in [0, 0.1) is 6.92 Å². The number of carbonyl (C=O) groups is 1. The Labute approximate surface area is 113 Å². The molecule has 0 aliphatic carbocycles. The van der Waals surface area contributed by atoms with E-state index in [2.05, 4.69) is 6.58 Å². The molecule has 2 rings (SSSR count). The van der Waals surface area contributed by atoms with Crippen molar-refractivity contribution in [1.29, 1.82) is 0 Å². The van der Waals surface area contributed by atoms with Gasteiger partial charge in [-0.1, -0.05) is 36.4 Å². The quantitative estimate of drug-likeness (QED) is 0.764. The summed E-state index contributed by atoms with van der Waals surface area (Å²) >= 11 is 0. The molecule has 0 fully saturated rings. The van der Waals surface area contributed by atoms with Crippen LogP contribution in [-0.4, -0.2) is 18.7 Å². The van der Waals surface area contributed by atoms with Gasteiger partial charge in [0.1, 0.15) is 16.9 Å². The van der Waals surface area contributed by atoms with Gasteiger partial charge < -0.3 is 9.47 Å². The first-order chi connectivity index (χ1) is 8.86. The van der Waals surface area contributed by atoms with Crippen molar-refractivity contribution in [2.45, 2.75) is 26.4 Å². The van der Waals surface area contributed by atoms with E-state index in [1.165, 1.54) is 7.11 Å². The Hall–Kier alpha value is -2.03. The van der Waals surface area contributed by atoms with E-state index < -0.39 is 11.6 Å². The maximum Gasteiger partial charge on any atom is 0.342 e. The smallest absolute Gasteiger partial charge is 0.342 e. The summed E-state index contributed by atoms with van der Waals surface area (Å²) in [7, 11) is 1.36. The number of benzene rings is 1. The van der Waals surface area contributed by atoms with Gasteiger partial charge in [0, 0.05) is 11.1 Å². The van der Waals surface area contributed by atoms with Crippen molar-refractivity contribution in [3.8, 4) is 0 Å². The summed E-state index contributed by atoms with van der Waals surface area (Å²) in [6.07, 6.45) is 0. The maximum absolute atomic E-state index is 11.9. The minimum atomic E-state index is -0.594. The Balaban J connectivity index is 2.55. The number of methoxy groups -OCH3 is 1. The Bertz CT molecular complexity index is 562. The van der Waals surface area contributed by atoms with Gasteiger partial charge in [0.2, 0.25) is 0 Å². The molecule has 0 atom stereocenters. The van der Waals surface area contributed by atoms with Crippen LogP contribution in [0.2, 0.25) is 0 Å². The van der Waals surface area contributed by atoms with E-state index in [0.29, 0.717) is 16.9 Å². The lowest BCUT2D eigenvalue weighted by molar-refractivity contribution is -0.135. The van der Waals surface area contributed by atoms with Crippen molar-refractivity contribution in [2.24, 2.45) is 0 Å². The third kappa shape index (κ3) is 2.28. The zero-order valence-electron chi connectivity index (χ0n) is 11.7. The molecular weight excluding hydrogens is 240 g/mol. The van der Waals surface area contributed by atoms with Crippen LogP contribution < -0.4 is 0 Å². The fourth-order valence-electron chi connectivity index (χ4n) is 2.03. The molecule has 100 valence electrons. The van der Waals surface area contributed by atoms with Crippen LogP contribution >= 0.6 is 0 Å². The average molecular weight is 258 g/mol. The highest BCUT2D eigenvalue weighted by Gasteiger charge is 2.40. The molecule has 1 aromatic carbocycles. The van der Waals surface area contributed by atoms with Crippen LogP contribution in [-0.2, 0) is 14.3 Å². The van der Waals surface area contributed by atoms with Crippen LogP contribution in [0.4, 0.5) is 0 Å². The Kier molecular flexibility index (Phi) is 3.23. The summed E-state index contributed by atoms with van der Waals surface area (Å²) in [5.41, 5.74) is 2.49. The fraction of sp³-hybridized carbons (Fsp3) is 0.312. The van der Waals surface area contributed by atoms with Gasteiger partial charge in [0.15, 0.2) is 0 Å². The molecule has 3 nitrogen and oxygen atoms in total. The summed E-state index contributed by atoms with van der Waals surface area (Å²) < 4.78 is 10.7. The summed E-state index contributed by atoms with van der Waals surface area (Å²) in [5.74, 6) is 0.132. The average Bonchev–Trinajstić information content (AvgIpc) is 2.61. The van der Waals surface area contributed by atoms with E-state index in [1.807, 2.05) is 45.0 Å². The lowest BCUT2D eigenvalue weighted by atomic mass is 9.94. The van der Waals surface area contributed by atoms with E-state index >= 15 is 0 Å². The zero-order chi connectivity index (χ0) is 14.2. The van der Waals surface area contributed by atoms with Crippen LogP contribution in [0.5, 0.6) is 0 Å². The van der Waals surface area contributed by atoms with Gasteiger partial charge in [-0.25, -0.2) is 4.79 Å². The largest absolute Gasteiger partial charge is 0.482 e. The van der Waals surface area contributed by atoms with Gasteiger partial charge in [-0.15, -0.1) is 0 Å². The molecule has 3 heteroatoms. The number of carbonyl (C=O) groups excluding carboxylic acids is 1. The monoisotopic (exact) mass is 258 g/mol. The fourth-order valence-corrected chi connectivity index (χ4v) is 2.03. The number of hydrogen-bond donors (Lipinski definition) is 0. The zero-order valence-corrected chi connectivity index (χ0v) is 11.7. The normalized spacial score (nSPS) is 17.4. The highest BCUT2D eigenvalue weighted by Crippen LogP contribution is 2.42. The predicted molar refractivity (Wildman–Crippen MR) is 74.4 cm³/mol. The van der Waals surface area contributed by atoms with Crippen LogP contribution in [0.25, 0.3) is 5.76 Å². The first kappa shape index (κ1) is 13.4. The van der Waals surface area contributed by atoms with Crippen molar-refractivity contribution in [3.63, 3.8) is 0 Å². The van der Waals surface area contributed by atoms with Crippen LogP contribution in [0.3, 0.4) is 0 Å². The standard InChI is InChI=1S/C16H18O3/c1-10-6-8-12(9-7-10)14-13(15(17)18-5)11(2)16(3,4)19-14/h6-9H,2H2,1,3-5H3. The van der Waals surface area contributed by atoms with E-state index in [1.54, 1.807) is 0 Å². The van der Waals surface area contributed by atoms with Gasteiger partial charge in [-0.2, -0.15) is 0 Å². The molecule has 1 heterocycles. The molecule has 0 bridgehead atoms. The van der Waals surface area contributed by atoms with E-state index in [0.717, 1.165) is 11.1 Å². The summed E-state index contributed by atoms with van der Waals surface area (Å²) in [5, 5.41) is 0. The second-order valence-electron chi connectivity index (χ2n) is 5.15. The van der Waals surface area contributed by atoms with Gasteiger partial charge >= 0.3 is 5.97 Å². The summed E-state index contributed by atoms with van der Waals surface area (Å²) in [6, 6.07) is 7.83. The molecule has 19 heavy (non-hydrogen) atoms. The van der Waals surface area contributed by atoms with Gasteiger partial charge in [-0.05, 0) is 20.8 Å². The topological polar surface area (TPSA) is 35.5 Å². The molecule has 0 radical (unpaired) electrons. The van der Waals surface area contributed by atoms with Crippen molar-refractivity contribution in [2.75, 3.05) is 7.11 Å². The number of ether oxygens (including phenoxy) is 2. The lowest BCUT2D eigenvalue weighted by Crippen LogP contribution is -2.22. The minimum Gasteiger partial charge on any atom is -0.482 e. The molecule has 1 aromatic rings. The van der Waals surface area contributed by atoms with E-state index in [9.17, 15) is 4.79 Å². The van der Waals surface area contributed by atoms with E-state index in [-0.39, 0.29) is 0 Å². The van der Waals surface area contributed by atoms with Crippen molar-refractivity contribution in [3.05, 3.63) is 53.1 Å². The molecular formula is C16H18O3. The molecule has 0 unspecified atom stereocenters. The number of esters is 1. The molecule has 0 spiro atoms. The van der Waals surface area contributed by atoms with Gasteiger partial charge in [-0.3, -0.25) is 0 Å². The highest BCUT2D eigenvalue weighted by molar-refractivity contribution is 6.02. The van der Waals surface area contributed by atoms with Crippen molar-refractivity contribution < 1.29 is 14.3 Å². The number of hydrogen-bond acceptors (Lipinski definition) is 3. The SMILES string of the molecule is C=C1C(C(=O)OC)=C(c2ccc(C)cc2)OC1(C)C. The van der Waals surface area contributed by atoms with E-state index in [4.69, 9.17) is 9.47 Å². The number of rotatable bonds is 2. The maximum atomic E-state index is 11.9. The Morgan fingerprint density at radius 1 is 1.26 bits per heavy atom. The molecule has 0 saturated heterocycles. The second kappa shape index (κ2) is 4.57. The first-order valence-electron chi connectivity index (χ1n) is 6.15. The third-order valence-corrected chi connectivity index (χ3v) is 3.32. The highest BCUT2D eigenvalue weighted by atomic mass is 16.5. The Morgan fingerprint density at radius 2 is 1.84 bits per heavy atom. The first-order valence-corrected chi connectivity index (χ1v) is 6.15. The Morgan fingerprint density at radius 3 is 2.37 bits per heavy atom. The molecule has 0 saturated carbocycles. The molecule has 1 aliphatic heterocycles. The summed E-state index contributed by atoms with van der Waals surface area (Å²) in [4.78, 5) is 11.9. The molecule has 1 aliphatic rings. The second-order valence-corrected chi connectivity index (χ2v) is 5.15. The molecule has 0 aromatic heterocycles. The number of aryl methyl sites for hydroxylation is 1. The van der Waals surface area contributed by atoms with Gasteiger partial charge in [0.05, 0.1) is 7.11 Å². The molecule has 0 amide bonds.